The van der Waals surface area contributed by atoms with Crippen LogP contribution in [0.1, 0.15) is 33.3 Å². The highest BCUT2D eigenvalue weighted by Crippen LogP contribution is 2.24. The van der Waals surface area contributed by atoms with Gasteiger partial charge in [-0.2, -0.15) is 0 Å². The minimum atomic E-state index is -0.284. The molecule has 1 aromatic heterocycles. The molecule has 0 aliphatic carbocycles. The van der Waals surface area contributed by atoms with Crippen molar-refractivity contribution >= 4 is 41.1 Å². The fraction of sp³-hybridized carbons (Fsp3) is 0.478. The Morgan fingerprint density at radius 2 is 1.91 bits per heavy atom. The van der Waals surface area contributed by atoms with E-state index in [0.717, 1.165) is 5.56 Å². The highest BCUT2D eigenvalue weighted by atomic mass is 35.5. The van der Waals surface area contributed by atoms with Crippen molar-refractivity contribution in [1.82, 2.24) is 25.5 Å². The Bertz CT molecular complexity index is 969. The number of amides is 3. The minimum Gasteiger partial charge on any atom is -0.353 e. The van der Waals surface area contributed by atoms with Crippen molar-refractivity contribution in [2.45, 2.75) is 51.0 Å². The third kappa shape index (κ3) is 7.78. The Kier molecular flexibility index (Phi) is 8.42. The summed E-state index contributed by atoms with van der Waals surface area (Å²) >= 11 is 7.50. The number of nitrogens with one attached hydrogen (secondary N) is 2. The molecule has 1 saturated heterocycles. The molecular weight excluding hydrogens is 460 g/mol. The van der Waals surface area contributed by atoms with Crippen molar-refractivity contribution in [2.24, 2.45) is 0 Å². The molecule has 2 heterocycles. The molecule has 1 aromatic carbocycles. The van der Waals surface area contributed by atoms with Crippen LogP contribution < -0.4 is 15.5 Å². The zero-order chi connectivity index (χ0) is 24.0. The third-order valence-corrected chi connectivity index (χ3v) is 6.06. The van der Waals surface area contributed by atoms with Gasteiger partial charge in [-0.15, -0.1) is 0 Å². The van der Waals surface area contributed by atoms with Gasteiger partial charge in [-0.05, 0) is 33.3 Å². The van der Waals surface area contributed by atoms with E-state index < -0.39 is 0 Å². The minimum absolute atomic E-state index is 0.00899. The number of nitrogens with zero attached hydrogens (tertiary/aromatic N) is 4. The first kappa shape index (κ1) is 25.1. The molecule has 1 fully saturated rings. The lowest BCUT2D eigenvalue weighted by Gasteiger charge is -2.41. The van der Waals surface area contributed by atoms with Gasteiger partial charge in [-0.3, -0.25) is 4.79 Å². The largest absolute Gasteiger partial charge is 0.353 e. The van der Waals surface area contributed by atoms with Gasteiger partial charge < -0.3 is 20.4 Å². The van der Waals surface area contributed by atoms with Crippen LogP contribution in [0.25, 0.3) is 0 Å². The second-order valence-electron chi connectivity index (χ2n) is 9.05. The molecule has 178 valence electrons. The average Bonchev–Trinajstić information content (AvgIpc) is 2.75. The van der Waals surface area contributed by atoms with Gasteiger partial charge in [-0.25, -0.2) is 14.8 Å². The third-order valence-electron chi connectivity index (χ3n) is 5.02. The van der Waals surface area contributed by atoms with Crippen LogP contribution >= 0.6 is 23.4 Å². The van der Waals surface area contributed by atoms with Crippen LogP contribution in [0.4, 0.5) is 10.6 Å². The number of anilines is 1. The fourth-order valence-corrected chi connectivity index (χ4v) is 4.36. The van der Waals surface area contributed by atoms with E-state index in [1.54, 1.807) is 6.07 Å². The highest BCUT2D eigenvalue weighted by Gasteiger charge is 2.30. The monoisotopic (exact) mass is 490 g/mol. The first-order valence-electron chi connectivity index (χ1n) is 10.9. The molecule has 3 rings (SSSR count). The molecule has 0 radical (unpaired) electrons. The SMILES string of the molecule is CC1CN(c2cc(Cl)nc(SCC(=O)NCc3ccccc3)n2)CCN1C(=O)NC(C)(C)C. The summed E-state index contributed by atoms with van der Waals surface area (Å²) in [5, 5.41) is 6.70. The second kappa shape index (κ2) is 11.1. The lowest BCUT2D eigenvalue weighted by Crippen LogP contribution is -2.59. The van der Waals surface area contributed by atoms with Crippen LogP contribution in [-0.2, 0) is 11.3 Å². The Labute approximate surface area is 204 Å². The molecule has 1 atom stereocenters. The summed E-state index contributed by atoms with van der Waals surface area (Å²) in [7, 11) is 0. The van der Waals surface area contributed by atoms with Gasteiger partial charge in [-0.1, -0.05) is 53.7 Å². The first-order valence-corrected chi connectivity index (χ1v) is 12.3. The van der Waals surface area contributed by atoms with Crippen molar-refractivity contribution in [1.29, 1.82) is 0 Å². The predicted molar refractivity (Wildman–Crippen MR) is 133 cm³/mol. The number of hydrogen-bond donors (Lipinski definition) is 2. The molecule has 8 nitrogen and oxygen atoms in total. The van der Waals surface area contributed by atoms with Crippen LogP contribution in [0.3, 0.4) is 0 Å². The predicted octanol–water partition coefficient (Wildman–Crippen LogP) is 3.56. The molecule has 10 heteroatoms. The van der Waals surface area contributed by atoms with Gasteiger partial charge in [0.1, 0.15) is 11.0 Å². The topological polar surface area (TPSA) is 90.5 Å². The molecule has 0 spiro atoms. The smallest absolute Gasteiger partial charge is 0.318 e. The number of benzene rings is 1. The Morgan fingerprint density at radius 1 is 1.18 bits per heavy atom. The Hall–Kier alpha value is -2.52. The van der Waals surface area contributed by atoms with Gasteiger partial charge in [0, 0.05) is 43.8 Å². The Balaban J connectivity index is 1.55. The fourth-order valence-electron chi connectivity index (χ4n) is 3.45. The molecule has 0 saturated carbocycles. The van der Waals surface area contributed by atoms with E-state index in [2.05, 4.69) is 25.5 Å². The first-order chi connectivity index (χ1) is 15.6. The standard InChI is InChI=1S/C23H31ClN6O2S/c1-16-14-29(10-11-30(16)22(32)28-23(2,3)4)19-12-18(24)26-21(27-19)33-15-20(31)25-13-17-8-6-5-7-9-17/h5-9,12,16H,10-11,13-15H2,1-4H3,(H,25,31)(H,28,32). The van der Waals surface area contributed by atoms with Crippen LogP contribution in [0.2, 0.25) is 5.15 Å². The molecule has 1 aliphatic rings. The number of carbonyl (C=O) groups is 2. The molecular formula is C23H31ClN6O2S. The number of aromatic nitrogens is 2. The highest BCUT2D eigenvalue weighted by molar-refractivity contribution is 7.99. The number of rotatable bonds is 6. The van der Waals surface area contributed by atoms with Gasteiger partial charge in [0.25, 0.3) is 0 Å². The summed E-state index contributed by atoms with van der Waals surface area (Å²) in [5.74, 6) is 0.801. The van der Waals surface area contributed by atoms with Crippen molar-refractivity contribution in [3.63, 3.8) is 0 Å². The molecule has 1 unspecified atom stereocenters. The summed E-state index contributed by atoms with van der Waals surface area (Å²) in [6.07, 6.45) is 0. The van der Waals surface area contributed by atoms with Crippen LogP contribution in [0.15, 0.2) is 41.6 Å². The molecule has 2 N–H and O–H groups in total. The summed E-state index contributed by atoms with van der Waals surface area (Å²) in [6.45, 7) is 10.2. The van der Waals surface area contributed by atoms with E-state index in [1.165, 1.54) is 11.8 Å². The normalized spacial score (nSPS) is 16.5. The zero-order valence-corrected chi connectivity index (χ0v) is 21.0. The molecule has 33 heavy (non-hydrogen) atoms. The van der Waals surface area contributed by atoms with E-state index in [9.17, 15) is 9.59 Å². The molecule has 0 bridgehead atoms. The van der Waals surface area contributed by atoms with E-state index >= 15 is 0 Å². The van der Waals surface area contributed by atoms with Gasteiger partial charge in [0.15, 0.2) is 5.16 Å². The lowest BCUT2D eigenvalue weighted by molar-refractivity contribution is -0.118. The van der Waals surface area contributed by atoms with Crippen molar-refractivity contribution in [3.05, 3.63) is 47.1 Å². The van der Waals surface area contributed by atoms with Gasteiger partial charge in [0.2, 0.25) is 5.91 Å². The van der Waals surface area contributed by atoms with Gasteiger partial charge in [0.05, 0.1) is 5.75 Å². The number of urea groups is 1. The molecule has 2 aromatic rings. The quantitative estimate of drug-likeness (QED) is 0.365. The number of hydrogen-bond acceptors (Lipinski definition) is 6. The zero-order valence-electron chi connectivity index (χ0n) is 19.5. The van der Waals surface area contributed by atoms with Crippen LogP contribution in [0.5, 0.6) is 0 Å². The summed E-state index contributed by atoms with van der Waals surface area (Å²) < 4.78 is 0. The molecule has 3 amide bonds. The second-order valence-corrected chi connectivity index (χ2v) is 10.4. The van der Waals surface area contributed by atoms with E-state index in [1.807, 2.05) is 62.9 Å². The number of carbonyl (C=O) groups excluding carboxylic acids is 2. The number of piperazine rings is 1. The van der Waals surface area contributed by atoms with Gasteiger partial charge >= 0.3 is 6.03 Å². The van der Waals surface area contributed by atoms with Crippen molar-refractivity contribution in [2.75, 3.05) is 30.3 Å². The average molecular weight is 491 g/mol. The van der Waals surface area contributed by atoms with Crippen LogP contribution in [-0.4, -0.2) is 63.8 Å². The van der Waals surface area contributed by atoms with Crippen molar-refractivity contribution in [3.8, 4) is 0 Å². The maximum absolute atomic E-state index is 12.6. The summed E-state index contributed by atoms with van der Waals surface area (Å²) in [6, 6.07) is 11.4. The lowest BCUT2D eigenvalue weighted by atomic mass is 10.1. The maximum Gasteiger partial charge on any atom is 0.318 e. The molecule has 1 aliphatic heterocycles. The van der Waals surface area contributed by atoms with Crippen LogP contribution in [0, 0.1) is 0 Å². The summed E-state index contributed by atoms with van der Waals surface area (Å²) in [4.78, 5) is 37.6. The van der Waals surface area contributed by atoms with E-state index in [-0.39, 0.29) is 29.3 Å². The Morgan fingerprint density at radius 3 is 2.58 bits per heavy atom. The number of thioether (sulfide) groups is 1. The maximum atomic E-state index is 12.6. The van der Waals surface area contributed by atoms with Crippen molar-refractivity contribution < 1.29 is 9.59 Å². The van der Waals surface area contributed by atoms with E-state index in [0.29, 0.717) is 42.3 Å². The summed E-state index contributed by atoms with van der Waals surface area (Å²) in [5.41, 5.74) is 0.759. The number of halogens is 1. The van der Waals surface area contributed by atoms with E-state index in [4.69, 9.17) is 11.6 Å².